The summed E-state index contributed by atoms with van der Waals surface area (Å²) in [5, 5.41) is 13.1. The second kappa shape index (κ2) is 11.2. The number of rotatable bonds is 10. The molecule has 0 fully saturated rings. The minimum Gasteiger partial charge on any atom is -0.452 e. The zero-order valence-corrected chi connectivity index (χ0v) is 18.4. The monoisotopic (exact) mass is 461 g/mol. The van der Waals surface area contributed by atoms with E-state index in [9.17, 15) is 28.1 Å². The summed E-state index contributed by atoms with van der Waals surface area (Å²) in [5.41, 5.74) is 0.793. The number of carbonyl (C=O) groups is 2. The number of nitro benzene ring substituents is 1. The molecule has 0 unspecified atom stereocenters. The number of hydrogen-bond donors (Lipinski definition) is 1. The van der Waals surface area contributed by atoms with Crippen LogP contribution in [0.25, 0.3) is 6.08 Å². The van der Waals surface area contributed by atoms with Crippen molar-refractivity contribution < 1.29 is 27.7 Å². The van der Waals surface area contributed by atoms with E-state index >= 15 is 0 Å². The topological polar surface area (TPSA) is 136 Å². The summed E-state index contributed by atoms with van der Waals surface area (Å²) >= 11 is 0. The van der Waals surface area contributed by atoms with Gasteiger partial charge in [-0.15, -0.1) is 0 Å². The Hall–Kier alpha value is -3.57. The predicted molar refractivity (Wildman–Crippen MR) is 118 cm³/mol. The molecular formula is C21H23N3O7S. The van der Waals surface area contributed by atoms with Gasteiger partial charge in [-0.3, -0.25) is 14.9 Å². The molecule has 170 valence electrons. The second-order valence-corrected chi connectivity index (χ2v) is 8.39. The van der Waals surface area contributed by atoms with Crippen LogP contribution in [0.5, 0.6) is 0 Å². The molecule has 0 heterocycles. The Kier molecular flexibility index (Phi) is 8.62. The number of nitrogens with zero attached hydrogens (tertiary/aromatic N) is 2. The summed E-state index contributed by atoms with van der Waals surface area (Å²) in [6.45, 7) is 3.71. The third-order valence-electron chi connectivity index (χ3n) is 4.34. The van der Waals surface area contributed by atoms with Crippen LogP contribution < -0.4 is 5.32 Å². The van der Waals surface area contributed by atoms with Crippen molar-refractivity contribution in [1.82, 2.24) is 4.31 Å². The average Bonchev–Trinajstić information content (AvgIpc) is 2.77. The summed E-state index contributed by atoms with van der Waals surface area (Å²) in [7, 11) is -3.56. The summed E-state index contributed by atoms with van der Waals surface area (Å²) in [6, 6.07) is 11.2. The third kappa shape index (κ3) is 6.72. The van der Waals surface area contributed by atoms with Crippen LogP contribution in [0, 0.1) is 10.1 Å². The predicted octanol–water partition coefficient (Wildman–Crippen LogP) is 2.82. The fourth-order valence-electron chi connectivity index (χ4n) is 2.68. The summed E-state index contributed by atoms with van der Waals surface area (Å²) in [5.74, 6) is -1.37. The molecule has 2 rings (SSSR count). The molecule has 0 radical (unpaired) electrons. The van der Waals surface area contributed by atoms with E-state index in [2.05, 4.69) is 5.32 Å². The summed E-state index contributed by atoms with van der Waals surface area (Å²) in [6.07, 6.45) is 2.55. The normalized spacial score (nSPS) is 11.5. The van der Waals surface area contributed by atoms with E-state index in [1.54, 1.807) is 26.0 Å². The fraction of sp³-hybridized carbons (Fsp3) is 0.238. The lowest BCUT2D eigenvalue weighted by Gasteiger charge is -2.18. The highest BCUT2D eigenvalue weighted by molar-refractivity contribution is 7.89. The van der Waals surface area contributed by atoms with Crippen molar-refractivity contribution in [1.29, 1.82) is 0 Å². The van der Waals surface area contributed by atoms with Crippen molar-refractivity contribution in [3.8, 4) is 0 Å². The van der Waals surface area contributed by atoms with Crippen molar-refractivity contribution in [3.63, 3.8) is 0 Å². The van der Waals surface area contributed by atoms with Gasteiger partial charge in [-0.1, -0.05) is 26.0 Å². The second-order valence-electron chi connectivity index (χ2n) is 6.45. The minimum absolute atomic E-state index is 0.113. The first kappa shape index (κ1) is 24.7. The van der Waals surface area contributed by atoms with Crippen molar-refractivity contribution in [2.45, 2.75) is 18.7 Å². The van der Waals surface area contributed by atoms with Gasteiger partial charge in [0.1, 0.15) is 0 Å². The van der Waals surface area contributed by atoms with E-state index in [-0.39, 0.29) is 10.6 Å². The van der Waals surface area contributed by atoms with Gasteiger partial charge >= 0.3 is 5.97 Å². The molecule has 0 bridgehead atoms. The molecular weight excluding hydrogens is 438 g/mol. The number of amides is 1. The number of esters is 1. The molecule has 0 atom stereocenters. The van der Waals surface area contributed by atoms with Crippen LogP contribution in [0.15, 0.2) is 59.5 Å². The Balaban J connectivity index is 1.88. The van der Waals surface area contributed by atoms with E-state index in [1.807, 2.05) is 0 Å². The number of sulfonamides is 1. The smallest absolute Gasteiger partial charge is 0.331 e. The van der Waals surface area contributed by atoms with Gasteiger partial charge in [-0.25, -0.2) is 13.2 Å². The zero-order valence-electron chi connectivity index (χ0n) is 17.6. The third-order valence-corrected chi connectivity index (χ3v) is 6.41. The Morgan fingerprint density at radius 1 is 1.06 bits per heavy atom. The quantitative estimate of drug-likeness (QED) is 0.249. The number of anilines is 1. The van der Waals surface area contributed by atoms with Crippen LogP contribution in [-0.2, 0) is 24.3 Å². The van der Waals surface area contributed by atoms with Gasteiger partial charge in [-0.05, 0) is 35.9 Å². The maximum atomic E-state index is 12.5. The highest BCUT2D eigenvalue weighted by Gasteiger charge is 2.20. The molecule has 2 aromatic rings. The van der Waals surface area contributed by atoms with Crippen LogP contribution in [0.1, 0.15) is 19.4 Å². The van der Waals surface area contributed by atoms with Gasteiger partial charge in [0.15, 0.2) is 6.61 Å². The molecule has 2 aromatic carbocycles. The van der Waals surface area contributed by atoms with Crippen LogP contribution >= 0.6 is 0 Å². The SMILES string of the molecule is CCN(CC)S(=O)(=O)c1ccc(/C=C/C(=O)OCC(=O)Nc2ccc([N+](=O)[O-])cc2)cc1. The fourth-order valence-corrected chi connectivity index (χ4v) is 4.13. The maximum absolute atomic E-state index is 12.5. The van der Waals surface area contributed by atoms with E-state index < -0.39 is 33.4 Å². The van der Waals surface area contributed by atoms with Crippen LogP contribution in [0.4, 0.5) is 11.4 Å². The van der Waals surface area contributed by atoms with Gasteiger partial charge in [0.25, 0.3) is 11.6 Å². The number of carbonyl (C=O) groups excluding carboxylic acids is 2. The molecule has 0 saturated heterocycles. The molecule has 10 nitrogen and oxygen atoms in total. The number of benzene rings is 2. The number of hydrogen-bond acceptors (Lipinski definition) is 7. The molecule has 0 aromatic heterocycles. The van der Waals surface area contributed by atoms with Gasteiger partial charge in [0.2, 0.25) is 10.0 Å². The molecule has 0 saturated carbocycles. The molecule has 0 aliphatic rings. The molecule has 0 spiro atoms. The first-order valence-corrected chi connectivity index (χ1v) is 11.1. The maximum Gasteiger partial charge on any atom is 0.331 e. The standard InChI is InChI=1S/C21H23N3O7S/c1-3-23(4-2)32(29,30)19-12-5-16(6-13-19)7-14-21(26)31-15-20(25)22-17-8-10-18(11-9-17)24(27)28/h5-14H,3-4,15H2,1-2H3,(H,22,25)/b14-7+. The average molecular weight is 461 g/mol. The number of non-ortho nitro benzene ring substituents is 1. The highest BCUT2D eigenvalue weighted by Crippen LogP contribution is 2.17. The van der Waals surface area contributed by atoms with Gasteiger partial charge in [0, 0.05) is 37.0 Å². The Labute approximate surface area is 185 Å². The van der Waals surface area contributed by atoms with E-state index in [4.69, 9.17) is 4.74 Å². The minimum atomic E-state index is -3.56. The lowest BCUT2D eigenvalue weighted by atomic mass is 10.2. The van der Waals surface area contributed by atoms with Crippen LogP contribution in [0.2, 0.25) is 0 Å². The highest BCUT2D eigenvalue weighted by atomic mass is 32.2. The molecule has 11 heteroatoms. The molecule has 32 heavy (non-hydrogen) atoms. The molecule has 0 aliphatic heterocycles. The van der Waals surface area contributed by atoms with E-state index in [0.717, 1.165) is 6.08 Å². The molecule has 0 aliphatic carbocycles. The van der Waals surface area contributed by atoms with Crippen LogP contribution in [-0.4, -0.2) is 49.2 Å². The first-order chi connectivity index (χ1) is 15.2. The number of ether oxygens (including phenoxy) is 1. The molecule has 1 N–H and O–H groups in total. The van der Waals surface area contributed by atoms with Crippen molar-refractivity contribution in [3.05, 3.63) is 70.3 Å². The van der Waals surface area contributed by atoms with Gasteiger partial charge in [-0.2, -0.15) is 4.31 Å². The van der Waals surface area contributed by atoms with Crippen molar-refractivity contribution in [2.24, 2.45) is 0 Å². The van der Waals surface area contributed by atoms with E-state index in [1.165, 1.54) is 46.8 Å². The summed E-state index contributed by atoms with van der Waals surface area (Å²) in [4.78, 5) is 33.9. The molecule has 1 amide bonds. The lowest BCUT2D eigenvalue weighted by molar-refractivity contribution is -0.384. The largest absolute Gasteiger partial charge is 0.452 e. The Morgan fingerprint density at radius 3 is 2.19 bits per heavy atom. The van der Waals surface area contributed by atoms with Gasteiger partial charge in [0.05, 0.1) is 9.82 Å². The van der Waals surface area contributed by atoms with E-state index in [0.29, 0.717) is 24.3 Å². The van der Waals surface area contributed by atoms with Crippen molar-refractivity contribution in [2.75, 3.05) is 25.0 Å². The van der Waals surface area contributed by atoms with Gasteiger partial charge < -0.3 is 10.1 Å². The number of nitrogens with one attached hydrogen (secondary N) is 1. The number of nitro groups is 1. The Morgan fingerprint density at radius 2 is 1.66 bits per heavy atom. The first-order valence-electron chi connectivity index (χ1n) is 9.66. The Bertz CT molecular complexity index is 1090. The summed E-state index contributed by atoms with van der Waals surface area (Å²) < 4.78 is 31.1. The lowest BCUT2D eigenvalue weighted by Crippen LogP contribution is -2.30. The van der Waals surface area contributed by atoms with Crippen LogP contribution in [0.3, 0.4) is 0 Å². The van der Waals surface area contributed by atoms with Crippen molar-refractivity contribution >= 4 is 39.4 Å². The zero-order chi connectivity index (χ0) is 23.7.